The van der Waals surface area contributed by atoms with Gasteiger partial charge in [-0.05, 0) is 18.1 Å². The number of carbonyl (C=O) groups excluding carboxylic acids is 1. The molecule has 0 radical (unpaired) electrons. The zero-order valence-corrected chi connectivity index (χ0v) is 14.5. The summed E-state index contributed by atoms with van der Waals surface area (Å²) in [5.41, 5.74) is 5.81. The molecule has 0 saturated carbocycles. The van der Waals surface area contributed by atoms with Crippen LogP contribution >= 0.6 is 0 Å². The number of nitrogens with zero attached hydrogens (tertiary/aromatic N) is 4. The van der Waals surface area contributed by atoms with E-state index in [4.69, 9.17) is 5.73 Å². The molecule has 12 heteroatoms. The summed E-state index contributed by atoms with van der Waals surface area (Å²) in [7, 11) is 0. The van der Waals surface area contributed by atoms with Crippen LogP contribution in [0.1, 0.15) is 30.9 Å². The molecule has 1 aliphatic heterocycles. The first-order chi connectivity index (χ1) is 13.1. The maximum Gasteiger partial charge on any atom is 0.451 e. The average Bonchev–Trinajstić information content (AvgIpc) is 3.03. The molecule has 2 heterocycles. The van der Waals surface area contributed by atoms with Crippen LogP contribution in [0.2, 0.25) is 0 Å². The molecule has 1 aromatic heterocycles. The number of aromatic nitrogens is 3. The van der Waals surface area contributed by atoms with E-state index in [0.717, 1.165) is 10.6 Å². The number of nitrogens with two attached hydrogens (primary N) is 1. The van der Waals surface area contributed by atoms with Crippen molar-refractivity contribution in [2.45, 2.75) is 50.7 Å². The third-order valence-electron chi connectivity index (χ3n) is 4.63. The third-order valence-corrected chi connectivity index (χ3v) is 4.63. The van der Waals surface area contributed by atoms with E-state index in [1.54, 1.807) is 0 Å². The van der Waals surface area contributed by atoms with Gasteiger partial charge >= 0.3 is 6.18 Å². The van der Waals surface area contributed by atoms with Gasteiger partial charge in [-0.15, -0.1) is 10.2 Å². The second-order valence-electron chi connectivity index (χ2n) is 6.72. The highest BCUT2D eigenvalue weighted by atomic mass is 19.4. The lowest BCUT2D eigenvalue weighted by molar-refractivity contribution is -0.148. The highest BCUT2D eigenvalue weighted by Crippen LogP contribution is 2.31. The predicted molar refractivity (Wildman–Crippen MR) is 84.5 cm³/mol. The van der Waals surface area contributed by atoms with Crippen LogP contribution in [-0.2, 0) is 24.1 Å². The Bertz CT molecular complexity index is 830. The van der Waals surface area contributed by atoms with Crippen molar-refractivity contribution in [2.75, 3.05) is 6.54 Å². The molecule has 2 aliphatic rings. The van der Waals surface area contributed by atoms with Crippen LogP contribution in [-0.4, -0.2) is 44.3 Å². The fourth-order valence-electron chi connectivity index (χ4n) is 3.21. The number of amides is 1. The summed E-state index contributed by atoms with van der Waals surface area (Å²) in [5.74, 6) is -3.90. The SMILES string of the molecule is N[C@@H](CC(=O)N1CCn2c(nnc2C(F)(F)F)C1)CC1=CC(F)=C(F)CC1F. The summed E-state index contributed by atoms with van der Waals surface area (Å²) in [4.78, 5) is 13.7. The van der Waals surface area contributed by atoms with Gasteiger partial charge in [-0.25, -0.2) is 13.2 Å². The first-order valence-corrected chi connectivity index (χ1v) is 8.47. The zero-order valence-electron chi connectivity index (χ0n) is 14.5. The number of carbonyl (C=O) groups is 1. The molecule has 0 fully saturated rings. The Morgan fingerprint density at radius 2 is 2.00 bits per heavy atom. The molecule has 1 aliphatic carbocycles. The van der Waals surface area contributed by atoms with Crippen molar-refractivity contribution in [1.29, 1.82) is 0 Å². The van der Waals surface area contributed by atoms with Crippen LogP contribution in [0.4, 0.5) is 26.3 Å². The van der Waals surface area contributed by atoms with Gasteiger partial charge in [-0.1, -0.05) is 0 Å². The molecule has 154 valence electrons. The summed E-state index contributed by atoms with van der Waals surface area (Å²) in [5, 5.41) is 6.61. The van der Waals surface area contributed by atoms with Crippen LogP contribution in [0, 0.1) is 0 Å². The molecule has 0 bridgehead atoms. The lowest BCUT2D eigenvalue weighted by Gasteiger charge is -2.29. The van der Waals surface area contributed by atoms with Gasteiger partial charge in [0.2, 0.25) is 11.7 Å². The summed E-state index contributed by atoms with van der Waals surface area (Å²) in [6, 6.07) is -0.850. The van der Waals surface area contributed by atoms with Crippen LogP contribution in [0.5, 0.6) is 0 Å². The maximum absolute atomic E-state index is 13.8. The van der Waals surface area contributed by atoms with Crippen LogP contribution in [0.15, 0.2) is 23.3 Å². The number of allylic oxidation sites excluding steroid dienone is 3. The normalized spacial score (nSPS) is 21.5. The van der Waals surface area contributed by atoms with Gasteiger partial charge in [-0.3, -0.25) is 4.79 Å². The predicted octanol–water partition coefficient (Wildman–Crippen LogP) is 2.57. The smallest absolute Gasteiger partial charge is 0.333 e. The van der Waals surface area contributed by atoms with E-state index in [0.29, 0.717) is 0 Å². The highest BCUT2D eigenvalue weighted by molar-refractivity contribution is 5.77. The lowest BCUT2D eigenvalue weighted by Crippen LogP contribution is -2.41. The van der Waals surface area contributed by atoms with Gasteiger partial charge in [0.15, 0.2) is 11.7 Å². The number of alkyl halides is 4. The Morgan fingerprint density at radius 3 is 2.68 bits per heavy atom. The molecule has 0 aromatic carbocycles. The minimum Gasteiger partial charge on any atom is -0.333 e. The second kappa shape index (κ2) is 7.57. The second-order valence-corrected chi connectivity index (χ2v) is 6.72. The van der Waals surface area contributed by atoms with E-state index >= 15 is 0 Å². The Morgan fingerprint density at radius 1 is 1.29 bits per heavy atom. The van der Waals surface area contributed by atoms with Crippen molar-refractivity contribution in [3.05, 3.63) is 35.0 Å². The van der Waals surface area contributed by atoms with Gasteiger partial charge in [0.05, 0.1) is 6.54 Å². The maximum atomic E-state index is 13.8. The molecular formula is C16H17F6N5O. The third kappa shape index (κ3) is 4.21. The van der Waals surface area contributed by atoms with Crippen LogP contribution in [0.3, 0.4) is 0 Å². The number of rotatable bonds is 4. The van der Waals surface area contributed by atoms with Crippen LogP contribution in [0.25, 0.3) is 0 Å². The fourth-order valence-corrected chi connectivity index (χ4v) is 3.21. The Balaban J connectivity index is 1.60. The first kappa shape index (κ1) is 20.4. The topological polar surface area (TPSA) is 77.0 Å². The van der Waals surface area contributed by atoms with E-state index in [2.05, 4.69) is 10.2 Å². The molecular weight excluding hydrogens is 392 g/mol. The van der Waals surface area contributed by atoms with Gasteiger partial charge in [0.1, 0.15) is 12.0 Å². The number of fused-ring (bicyclic) bond motifs is 1. The monoisotopic (exact) mass is 409 g/mol. The molecule has 0 spiro atoms. The van der Waals surface area contributed by atoms with Gasteiger partial charge < -0.3 is 15.2 Å². The quantitative estimate of drug-likeness (QED) is 0.776. The Hall–Kier alpha value is -2.37. The van der Waals surface area contributed by atoms with E-state index in [1.165, 1.54) is 4.90 Å². The molecule has 2 atom stereocenters. The molecule has 3 rings (SSSR count). The van der Waals surface area contributed by atoms with Crippen LogP contribution < -0.4 is 5.73 Å². The molecule has 1 amide bonds. The van der Waals surface area contributed by atoms with Gasteiger partial charge in [0, 0.05) is 32.0 Å². The minimum absolute atomic E-state index is 0.00184. The highest BCUT2D eigenvalue weighted by Gasteiger charge is 2.40. The summed E-state index contributed by atoms with van der Waals surface area (Å²) in [6.07, 6.45) is -6.68. The molecule has 6 nitrogen and oxygen atoms in total. The fraction of sp³-hybridized carbons (Fsp3) is 0.562. The van der Waals surface area contributed by atoms with E-state index in [9.17, 15) is 31.1 Å². The van der Waals surface area contributed by atoms with Crippen molar-refractivity contribution in [2.24, 2.45) is 5.73 Å². The first-order valence-electron chi connectivity index (χ1n) is 8.47. The zero-order chi connectivity index (χ0) is 20.6. The number of halogens is 6. The summed E-state index contributed by atoms with van der Waals surface area (Å²) < 4.78 is 79.5. The number of hydrogen-bond donors (Lipinski definition) is 1. The van der Waals surface area contributed by atoms with Gasteiger partial charge in [-0.2, -0.15) is 13.2 Å². The molecule has 1 aromatic rings. The molecule has 0 saturated heterocycles. The van der Waals surface area contributed by atoms with E-state index < -0.39 is 48.2 Å². The minimum atomic E-state index is -4.64. The Labute approximate surface area is 155 Å². The largest absolute Gasteiger partial charge is 0.451 e. The van der Waals surface area contributed by atoms with Crippen molar-refractivity contribution in [3.8, 4) is 0 Å². The summed E-state index contributed by atoms with van der Waals surface area (Å²) >= 11 is 0. The summed E-state index contributed by atoms with van der Waals surface area (Å²) in [6.45, 7) is -0.270. The van der Waals surface area contributed by atoms with Gasteiger partial charge in [0.25, 0.3) is 0 Å². The number of hydrogen-bond acceptors (Lipinski definition) is 4. The molecule has 28 heavy (non-hydrogen) atoms. The Kier molecular flexibility index (Phi) is 5.50. The van der Waals surface area contributed by atoms with Crippen molar-refractivity contribution in [3.63, 3.8) is 0 Å². The van der Waals surface area contributed by atoms with E-state index in [-0.39, 0.29) is 43.9 Å². The van der Waals surface area contributed by atoms with Crippen molar-refractivity contribution >= 4 is 5.91 Å². The van der Waals surface area contributed by atoms with Crippen molar-refractivity contribution < 1.29 is 31.1 Å². The average molecular weight is 409 g/mol. The molecule has 1 unspecified atom stereocenters. The van der Waals surface area contributed by atoms with Crippen molar-refractivity contribution in [1.82, 2.24) is 19.7 Å². The lowest BCUT2D eigenvalue weighted by atomic mass is 9.94. The van der Waals surface area contributed by atoms with E-state index in [1.807, 2.05) is 0 Å². The standard InChI is InChI=1S/C16H17F6N5O/c17-10-6-12(19)11(18)4-8(10)3-9(23)5-14(28)26-1-2-27-13(7-26)24-25-15(27)16(20,21)22/h4,9-10H,1-3,5-7,23H2/t9-,10?/m1/s1. The molecule has 2 N–H and O–H groups in total.